The molecule has 0 spiro atoms. The molecule has 6 heteroatoms. The summed E-state index contributed by atoms with van der Waals surface area (Å²) in [5.41, 5.74) is 2.53. The normalized spacial score (nSPS) is 10.5. The van der Waals surface area contributed by atoms with Crippen molar-refractivity contribution in [2.24, 2.45) is 0 Å². The molecule has 27 heavy (non-hydrogen) atoms. The second kappa shape index (κ2) is 8.37. The zero-order valence-electron chi connectivity index (χ0n) is 14.9. The minimum atomic E-state index is -0.452. The largest absolute Gasteiger partial charge is 0.462 e. The molecule has 0 unspecified atom stereocenters. The molecule has 1 heterocycles. The van der Waals surface area contributed by atoms with Crippen LogP contribution in [0.4, 0.5) is 5.00 Å². The summed E-state index contributed by atoms with van der Waals surface area (Å²) < 4.78 is 5.25. The van der Waals surface area contributed by atoms with Gasteiger partial charge in [-0.3, -0.25) is 4.79 Å². The van der Waals surface area contributed by atoms with Crippen molar-refractivity contribution >= 4 is 39.8 Å². The van der Waals surface area contributed by atoms with Crippen molar-refractivity contribution in [1.29, 1.82) is 0 Å². The Morgan fingerprint density at radius 2 is 1.74 bits per heavy atom. The molecule has 3 aromatic rings. The smallest absolute Gasteiger partial charge is 0.341 e. The summed E-state index contributed by atoms with van der Waals surface area (Å²) >= 11 is 7.24. The van der Waals surface area contributed by atoms with Crippen molar-refractivity contribution < 1.29 is 14.3 Å². The number of esters is 1. The van der Waals surface area contributed by atoms with Crippen LogP contribution in [0.5, 0.6) is 0 Å². The Hall–Kier alpha value is -2.63. The summed E-state index contributed by atoms with van der Waals surface area (Å²) in [5.74, 6) is -0.759. The number of nitrogens with one attached hydrogen (secondary N) is 1. The highest BCUT2D eigenvalue weighted by Crippen LogP contribution is 2.40. The summed E-state index contributed by atoms with van der Waals surface area (Å²) in [6.07, 6.45) is 0. The topological polar surface area (TPSA) is 55.4 Å². The van der Waals surface area contributed by atoms with E-state index in [1.54, 1.807) is 31.2 Å². The first-order chi connectivity index (χ1) is 13.0. The van der Waals surface area contributed by atoms with E-state index in [0.29, 0.717) is 21.2 Å². The third kappa shape index (κ3) is 4.21. The fraction of sp³-hybridized carbons (Fsp3) is 0.143. The summed E-state index contributed by atoms with van der Waals surface area (Å²) in [6, 6.07) is 16.2. The van der Waals surface area contributed by atoms with Gasteiger partial charge in [-0.05, 0) is 43.7 Å². The van der Waals surface area contributed by atoms with Gasteiger partial charge in [0.1, 0.15) is 10.6 Å². The van der Waals surface area contributed by atoms with Gasteiger partial charge in [-0.1, -0.05) is 41.9 Å². The lowest BCUT2D eigenvalue weighted by atomic mass is 10.0. The number of carbonyl (C=O) groups excluding carboxylic acids is 2. The van der Waals surface area contributed by atoms with Crippen LogP contribution in [0.3, 0.4) is 0 Å². The highest BCUT2D eigenvalue weighted by atomic mass is 35.5. The molecule has 0 saturated heterocycles. The fourth-order valence-corrected chi connectivity index (χ4v) is 3.95. The van der Waals surface area contributed by atoms with Crippen LogP contribution in [0.2, 0.25) is 5.02 Å². The Kier molecular flexibility index (Phi) is 5.94. The number of amides is 1. The van der Waals surface area contributed by atoms with E-state index in [1.807, 2.05) is 37.3 Å². The molecule has 0 bridgehead atoms. The number of hydrogen-bond acceptors (Lipinski definition) is 4. The lowest BCUT2D eigenvalue weighted by molar-refractivity contribution is 0.0529. The van der Waals surface area contributed by atoms with Crippen molar-refractivity contribution in [3.63, 3.8) is 0 Å². The molecule has 1 N–H and O–H groups in total. The van der Waals surface area contributed by atoms with Crippen LogP contribution in [0.25, 0.3) is 11.1 Å². The van der Waals surface area contributed by atoms with E-state index in [-0.39, 0.29) is 12.5 Å². The molecular formula is C21H18ClNO3S. The van der Waals surface area contributed by atoms with Crippen LogP contribution in [0.15, 0.2) is 54.6 Å². The predicted molar refractivity (Wildman–Crippen MR) is 110 cm³/mol. The van der Waals surface area contributed by atoms with Gasteiger partial charge in [-0.2, -0.15) is 0 Å². The fourth-order valence-electron chi connectivity index (χ4n) is 2.76. The zero-order valence-corrected chi connectivity index (χ0v) is 16.5. The molecule has 138 valence electrons. The maximum absolute atomic E-state index is 12.7. The molecule has 2 aromatic carbocycles. The first-order valence-corrected chi connectivity index (χ1v) is 9.63. The van der Waals surface area contributed by atoms with E-state index in [0.717, 1.165) is 16.0 Å². The highest BCUT2D eigenvalue weighted by Gasteiger charge is 2.25. The maximum Gasteiger partial charge on any atom is 0.341 e. The van der Waals surface area contributed by atoms with Crippen molar-refractivity contribution in [3.8, 4) is 11.1 Å². The molecule has 0 fully saturated rings. The quantitative estimate of drug-likeness (QED) is 0.551. The minimum Gasteiger partial charge on any atom is -0.462 e. The van der Waals surface area contributed by atoms with Crippen molar-refractivity contribution in [2.45, 2.75) is 13.8 Å². The van der Waals surface area contributed by atoms with Gasteiger partial charge in [0, 0.05) is 21.0 Å². The summed E-state index contributed by atoms with van der Waals surface area (Å²) in [7, 11) is 0. The third-order valence-electron chi connectivity index (χ3n) is 3.96. The molecule has 1 amide bonds. The number of rotatable bonds is 5. The Morgan fingerprint density at radius 3 is 2.37 bits per heavy atom. The average Bonchev–Trinajstić information content (AvgIpc) is 2.99. The maximum atomic E-state index is 12.7. The first-order valence-electron chi connectivity index (χ1n) is 8.44. The lowest BCUT2D eigenvalue weighted by Crippen LogP contribution is -2.14. The van der Waals surface area contributed by atoms with Crippen LogP contribution in [0.1, 0.15) is 32.5 Å². The molecule has 0 aliphatic carbocycles. The van der Waals surface area contributed by atoms with Crippen LogP contribution < -0.4 is 5.32 Å². The Balaban J connectivity index is 2.03. The molecule has 3 rings (SSSR count). The van der Waals surface area contributed by atoms with E-state index in [9.17, 15) is 9.59 Å². The van der Waals surface area contributed by atoms with Crippen molar-refractivity contribution in [2.75, 3.05) is 11.9 Å². The van der Waals surface area contributed by atoms with Gasteiger partial charge in [-0.15, -0.1) is 11.3 Å². The molecule has 4 nitrogen and oxygen atoms in total. The predicted octanol–water partition coefficient (Wildman–Crippen LogP) is 5.81. The molecule has 0 saturated carbocycles. The van der Waals surface area contributed by atoms with Crippen LogP contribution in [-0.4, -0.2) is 18.5 Å². The number of anilines is 1. The standard InChI is InChI=1S/C21H18ClNO3S/c1-3-26-21(25)18-17(14-7-5-4-6-8-14)13(2)27-20(18)23-19(24)15-9-11-16(22)12-10-15/h4-12H,3H2,1-2H3,(H,23,24). The monoisotopic (exact) mass is 399 g/mol. The number of benzene rings is 2. The summed E-state index contributed by atoms with van der Waals surface area (Å²) in [5, 5.41) is 3.88. The number of thiophene rings is 1. The molecule has 0 aliphatic heterocycles. The third-order valence-corrected chi connectivity index (χ3v) is 5.23. The Morgan fingerprint density at radius 1 is 1.07 bits per heavy atom. The first kappa shape index (κ1) is 19.1. The van der Waals surface area contributed by atoms with Gasteiger partial charge >= 0.3 is 5.97 Å². The second-order valence-corrected chi connectivity index (χ2v) is 7.45. The van der Waals surface area contributed by atoms with Crippen molar-refractivity contribution in [1.82, 2.24) is 0 Å². The number of ether oxygens (including phenoxy) is 1. The van der Waals surface area contributed by atoms with Crippen LogP contribution in [0, 0.1) is 6.92 Å². The van der Waals surface area contributed by atoms with Crippen LogP contribution in [-0.2, 0) is 4.74 Å². The van der Waals surface area contributed by atoms with Gasteiger partial charge in [0.25, 0.3) is 5.91 Å². The zero-order chi connectivity index (χ0) is 19.4. The van der Waals surface area contributed by atoms with Gasteiger partial charge in [-0.25, -0.2) is 4.79 Å². The minimum absolute atomic E-state index is 0.256. The lowest BCUT2D eigenvalue weighted by Gasteiger charge is -2.09. The number of halogens is 1. The van der Waals surface area contributed by atoms with Crippen molar-refractivity contribution in [3.05, 3.63) is 75.6 Å². The van der Waals surface area contributed by atoms with Gasteiger partial charge in [0.15, 0.2) is 0 Å². The van der Waals surface area contributed by atoms with E-state index < -0.39 is 5.97 Å². The molecule has 0 atom stereocenters. The second-order valence-electron chi connectivity index (χ2n) is 5.78. The van der Waals surface area contributed by atoms with Gasteiger partial charge < -0.3 is 10.1 Å². The average molecular weight is 400 g/mol. The Bertz CT molecular complexity index is 965. The number of hydrogen-bond donors (Lipinski definition) is 1. The number of carbonyl (C=O) groups is 2. The van der Waals surface area contributed by atoms with Crippen LogP contribution >= 0.6 is 22.9 Å². The summed E-state index contributed by atoms with van der Waals surface area (Å²) in [4.78, 5) is 26.2. The van der Waals surface area contributed by atoms with E-state index in [2.05, 4.69) is 5.32 Å². The molecule has 0 radical (unpaired) electrons. The molecule has 1 aromatic heterocycles. The van der Waals surface area contributed by atoms with Gasteiger partial charge in [0.2, 0.25) is 0 Å². The van der Waals surface area contributed by atoms with E-state index in [1.165, 1.54) is 11.3 Å². The van der Waals surface area contributed by atoms with E-state index in [4.69, 9.17) is 16.3 Å². The SMILES string of the molecule is CCOC(=O)c1c(NC(=O)c2ccc(Cl)cc2)sc(C)c1-c1ccccc1. The van der Waals surface area contributed by atoms with E-state index >= 15 is 0 Å². The molecule has 0 aliphatic rings. The molecular weight excluding hydrogens is 382 g/mol. The number of aryl methyl sites for hydroxylation is 1. The summed E-state index contributed by atoms with van der Waals surface area (Å²) in [6.45, 7) is 3.94. The Labute approximate surface area is 166 Å². The van der Waals surface area contributed by atoms with Gasteiger partial charge in [0.05, 0.1) is 6.61 Å². The highest BCUT2D eigenvalue weighted by molar-refractivity contribution is 7.17.